The number of sulfonamides is 1. The summed E-state index contributed by atoms with van der Waals surface area (Å²) >= 11 is 5.79. The number of rotatable bonds is 4. The van der Waals surface area contributed by atoms with Crippen LogP contribution in [0.25, 0.3) is 0 Å². The van der Waals surface area contributed by atoms with Crippen molar-refractivity contribution in [3.05, 3.63) is 29.3 Å². The van der Waals surface area contributed by atoms with Crippen LogP contribution in [0.3, 0.4) is 0 Å². The summed E-state index contributed by atoms with van der Waals surface area (Å²) in [6.07, 6.45) is 3.11. The molecule has 3 rings (SSSR count). The first-order chi connectivity index (χ1) is 11.8. The second-order valence-electron chi connectivity index (χ2n) is 7.05. The van der Waals surface area contributed by atoms with Gasteiger partial charge in [0.1, 0.15) is 0 Å². The molecule has 1 spiro atoms. The van der Waals surface area contributed by atoms with Gasteiger partial charge < -0.3 is 10.2 Å². The Labute approximate surface area is 154 Å². The van der Waals surface area contributed by atoms with Crippen molar-refractivity contribution in [1.29, 1.82) is 0 Å². The molecule has 0 aliphatic carbocycles. The third kappa shape index (κ3) is 4.16. The van der Waals surface area contributed by atoms with Gasteiger partial charge in [0.2, 0.25) is 15.9 Å². The molecule has 8 heteroatoms. The molecule has 0 saturated carbocycles. The highest BCUT2D eigenvalue weighted by molar-refractivity contribution is 7.89. The molecule has 1 unspecified atom stereocenters. The third-order valence-electron chi connectivity index (χ3n) is 5.29. The van der Waals surface area contributed by atoms with Gasteiger partial charge in [-0.2, -0.15) is 4.72 Å². The highest BCUT2D eigenvalue weighted by Crippen LogP contribution is 2.37. The van der Waals surface area contributed by atoms with E-state index in [9.17, 15) is 13.2 Å². The molecule has 138 valence electrons. The van der Waals surface area contributed by atoms with E-state index in [1.54, 1.807) is 11.8 Å². The predicted molar refractivity (Wildman–Crippen MR) is 97.0 cm³/mol. The summed E-state index contributed by atoms with van der Waals surface area (Å²) in [6.45, 7) is 5.04. The molecule has 2 N–H and O–H groups in total. The van der Waals surface area contributed by atoms with Crippen LogP contribution in [-0.4, -0.2) is 51.4 Å². The van der Waals surface area contributed by atoms with E-state index in [4.69, 9.17) is 11.6 Å². The quantitative estimate of drug-likeness (QED) is 0.825. The van der Waals surface area contributed by atoms with Crippen LogP contribution >= 0.6 is 11.6 Å². The maximum Gasteiger partial charge on any atom is 0.241 e. The maximum absolute atomic E-state index is 12.6. The zero-order chi connectivity index (χ0) is 18.1. The average molecular weight is 386 g/mol. The Balaban J connectivity index is 1.60. The molecule has 0 aromatic heterocycles. The van der Waals surface area contributed by atoms with Gasteiger partial charge in [0.25, 0.3) is 0 Å². The first-order valence-corrected chi connectivity index (χ1v) is 10.4. The molecule has 1 atom stereocenters. The van der Waals surface area contributed by atoms with E-state index in [1.165, 1.54) is 24.3 Å². The molecular weight excluding hydrogens is 362 g/mol. The van der Waals surface area contributed by atoms with Gasteiger partial charge >= 0.3 is 0 Å². The fourth-order valence-corrected chi connectivity index (χ4v) is 4.99. The lowest BCUT2D eigenvalue weighted by Gasteiger charge is -2.39. The molecule has 25 heavy (non-hydrogen) atoms. The van der Waals surface area contributed by atoms with Crippen LogP contribution in [0.4, 0.5) is 0 Å². The van der Waals surface area contributed by atoms with E-state index in [1.807, 2.05) is 0 Å². The first-order valence-electron chi connectivity index (χ1n) is 8.59. The fraction of sp³-hybridized carbons (Fsp3) is 0.588. The molecule has 2 aliphatic heterocycles. The molecule has 2 aliphatic rings. The molecule has 6 nitrogen and oxygen atoms in total. The van der Waals surface area contributed by atoms with E-state index in [0.717, 1.165) is 32.4 Å². The number of likely N-dealkylation sites (tertiary alicyclic amines) is 1. The van der Waals surface area contributed by atoms with Crippen LogP contribution in [0.5, 0.6) is 0 Å². The van der Waals surface area contributed by atoms with E-state index in [2.05, 4.69) is 10.0 Å². The Bertz CT molecular complexity index is 720. The molecule has 0 bridgehead atoms. The largest absolute Gasteiger partial charge is 0.341 e. The Kier molecular flexibility index (Phi) is 5.39. The van der Waals surface area contributed by atoms with Gasteiger partial charge in [-0.3, -0.25) is 4.79 Å². The van der Waals surface area contributed by atoms with E-state index in [0.29, 0.717) is 23.5 Å². The number of nitrogens with zero attached hydrogens (tertiary/aromatic N) is 1. The maximum atomic E-state index is 12.6. The number of piperidine rings is 1. The Morgan fingerprint density at radius 2 is 1.88 bits per heavy atom. The monoisotopic (exact) mass is 385 g/mol. The summed E-state index contributed by atoms with van der Waals surface area (Å²) < 4.78 is 27.3. The lowest BCUT2D eigenvalue weighted by Crippen LogP contribution is -2.51. The predicted octanol–water partition coefficient (Wildman–Crippen LogP) is 1.61. The Morgan fingerprint density at radius 1 is 1.24 bits per heavy atom. The van der Waals surface area contributed by atoms with Gasteiger partial charge in [-0.05, 0) is 62.4 Å². The van der Waals surface area contributed by atoms with Crippen LogP contribution < -0.4 is 10.0 Å². The van der Waals surface area contributed by atoms with Crippen molar-refractivity contribution in [2.75, 3.05) is 26.2 Å². The minimum atomic E-state index is -3.75. The molecular formula is C17H24ClN3O3S. The van der Waals surface area contributed by atoms with Crippen LogP contribution in [0.15, 0.2) is 29.2 Å². The summed E-state index contributed by atoms with van der Waals surface area (Å²) in [5.41, 5.74) is 0.322. The highest BCUT2D eigenvalue weighted by atomic mass is 35.5. The van der Waals surface area contributed by atoms with Crippen LogP contribution in [-0.2, 0) is 14.8 Å². The number of nitrogens with one attached hydrogen (secondary N) is 2. The van der Waals surface area contributed by atoms with Gasteiger partial charge in [-0.25, -0.2) is 8.42 Å². The Hall–Kier alpha value is -1.15. The molecule has 1 aromatic carbocycles. The minimum Gasteiger partial charge on any atom is -0.341 e. The van der Waals surface area contributed by atoms with E-state index < -0.39 is 16.1 Å². The summed E-state index contributed by atoms with van der Waals surface area (Å²) in [5, 5.41) is 3.86. The second kappa shape index (κ2) is 7.23. The van der Waals surface area contributed by atoms with Crippen molar-refractivity contribution in [1.82, 2.24) is 14.9 Å². The SMILES string of the molecule is CC(NS(=O)(=O)c1ccc(Cl)cc1)C(=O)N1CCC2(CCNC2)CC1. The summed E-state index contributed by atoms with van der Waals surface area (Å²) in [5.74, 6) is -0.168. The highest BCUT2D eigenvalue weighted by Gasteiger charge is 2.39. The first kappa shape index (κ1) is 18.6. The number of benzene rings is 1. The number of carbonyl (C=O) groups is 1. The van der Waals surface area contributed by atoms with Gasteiger partial charge in [0.15, 0.2) is 0 Å². The summed E-state index contributed by atoms with van der Waals surface area (Å²) in [6, 6.07) is 5.10. The van der Waals surface area contributed by atoms with E-state index >= 15 is 0 Å². The van der Waals surface area contributed by atoms with Crippen molar-refractivity contribution in [2.45, 2.75) is 37.1 Å². The molecule has 2 fully saturated rings. The van der Waals surface area contributed by atoms with Crippen molar-refractivity contribution in [3.8, 4) is 0 Å². The van der Waals surface area contributed by atoms with Crippen molar-refractivity contribution >= 4 is 27.5 Å². The standard InChI is InChI=1S/C17H24ClN3O3S/c1-13(20-25(23,24)15-4-2-14(18)3-5-15)16(22)21-10-7-17(8-11-21)6-9-19-12-17/h2-5,13,19-20H,6-12H2,1H3. The summed E-state index contributed by atoms with van der Waals surface area (Å²) in [4.78, 5) is 14.5. The fourth-order valence-electron chi connectivity index (χ4n) is 3.66. The number of hydrogen-bond donors (Lipinski definition) is 2. The number of amides is 1. The van der Waals surface area contributed by atoms with Crippen LogP contribution in [0, 0.1) is 5.41 Å². The lowest BCUT2D eigenvalue weighted by atomic mass is 9.78. The smallest absolute Gasteiger partial charge is 0.241 e. The van der Waals surface area contributed by atoms with Gasteiger partial charge in [0.05, 0.1) is 10.9 Å². The number of halogens is 1. The van der Waals surface area contributed by atoms with Crippen molar-refractivity contribution in [2.24, 2.45) is 5.41 Å². The molecule has 2 saturated heterocycles. The zero-order valence-corrected chi connectivity index (χ0v) is 15.9. The van der Waals surface area contributed by atoms with Crippen LogP contribution in [0.2, 0.25) is 5.02 Å². The molecule has 1 aromatic rings. The van der Waals surface area contributed by atoms with Gasteiger partial charge in [-0.1, -0.05) is 11.6 Å². The average Bonchev–Trinajstić information content (AvgIpc) is 3.03. The Morgan fingerprint density at radius 3 is 2.44 bits per heavy atom. The van der Waals surface area contributed by atoms with Crippen molar-refractivity contribution in [3.63, 3.8) is 0 Å². The normalized spacial score (nSPS) is 21.4. The lowest BCUT2D eigenvalue weighted by molar-refractivity contribution is -0.134. The van der Waals surface area contributed by atoms with Gasteiger partial charge in [-0.15, -0.1) is 0 Å². The van der Waals surface area contributed by atoms with E-state index in [-0.39, 0.29) is 10.8 Å². The molecule has 0 radical (unpaired) electrons. The minimum absolute atomic E-state index is 0.103. The van der Waals surface area contributed by atoms with Gasteiger partial charge in [0, 0.05) is 24.7 Å². The number of carbonyl (C=O) groups excluding carboxylic acids is 1. The van der Waals surface area contributed by atoms with Crippen molar-refractivity contribution < 1.29 is 13.2 Å². The third-order valence-corrected chi connectivity index (χ3v) is 7.10. The topological polar surface area (TPSA) is 78.5 Å². The zero-order valence-electron chi connectivity index (χ0n) is 14.3. The molecule has 1 amide bonds. The summed E-state index contributed by atoms with van der Waals surface area (Å²) in [7, 11) is -3.75. The molecule has 2 heterocycles. The van der Waals surface area contributed by atoms with Crippen LogP contribution in [0.1, 0.15) is 26.2 Å². The number of hydrogen-bond acceptors (Lipinski definition) is 4. The second-order valence-corrected chi connectivity index (χ2v) is 9.20.